The van der Waals surface area contributed by atoms with Crippen LogP contribution >= 0.6 is 0 Å². The van der Waals surface area contributed by atoms with Crippen LogP contribution in [0.5, 0.6) is 0 Å². The van der Waals surface area contributed by atoms with E-state index in [0.29, 0.717) is 18.0 Å². The Morgan fingerprint density at radius 3 is 2.68 bits per heavy atom. The minimum atomic E-state index is -0.346. The summed E-state index contributed by atoms with van der Waals surface area (Å²) in [6.45, 7) is 2.22. The maximum atomic E-state index is 11.1. The first-order valence-corrected chi connectivity index (χ1v) is 8.42. The van der Waals surface area contributed by atoms with Crippen molar-refractivity contribution < 1.29 is 4.92 Å². The van der Waals surface area contributed by atoms with Gasteiger partial charge in [-0.2, -0.15) is 0 Å². The van der Waals surface area contributed by atoms with E-state index < -0.39 is 0 Å². The number of nitro groups is 1. The van der Waals surface area contributed by atoms with Crippen LogP contribution in [-0.2, 0) is 6.54 Å². The first kappa shape index (κ1) is 17.0. The molecule has 1 aliphatic rings. The lowest BCUT2D eigenvalue weighted by Gasteiger charge is -2.22. The molecule has 1 saturated heterocycles. The van der Waals surface area contributed by atoms with Gasteiger partial charge in [-0.15, -0.1) is 0 Å². The number of likely N-dealkylation sites (tertiary alicyclic amines) is 1. The fraction of sp³-hybridized carbons (Fsp3) is 0.316. The van der Waals surface area contributed by atoms with Gasteiger partial charge in [0.2, 0.25) is 0 Å². The predicted molar refractivity (Wildman–Crippen MR) is 98.7 cm³/mol. The van der Waals surface area contributed by atoms with E-state index in [0.717, 1.165) is 25.5 Å². The summed E-state index contributed by atoms with van der Waals surface area (Å²) >= 11 is 0. The second kappa shape index (κ2) is 7.79. The van der Waals surface area contributed by atoms with Gasteiger partial charge in [-0.1, -0.05) is 48.5 Å². The van der Waals surface area contributed by atoms with Crippen LogP contribution in [0.2, 0.25) is 0 Å². The summed E-state index contributed by atoms with van der Waals surface area (Å²) in [5, 5.41) is 14.4. The summed E-state index contributed by atoms with van der Waals surface area (Å²) in [6.07, 6.45) is 1.08. The fourth-order valence-corrected chi connectivity index (χ4v) is 3.29. The van der Waals surface area contributed by atoms with Crippen molar-refractivity contribution in [2.24, 2.45) is 4.99 Å². The molecular formula is C19H22N4O2. The highest BCUT2D eigenvalue weighted by Gasteiger charge is 2.26. The molecule has 1 aliphatic heterocycles. The molecule has 6 nitrogen and oxygen atoms in total. The van der Waals surface area contributed by atoms with Gasteiger partial charge in [0.05, 0.1) is 4.92 Å². The molecule has 0 bridgehead atoms. The molecule has 130 valence electrons. The van der Waals surface area contributed by atoms with E-state index in [4.69, 9.17) is 0 Å². The average Bonchev–Trinajstić information content (AvgIpc) is 3.13. The lowest BCUT2D eigenvalue weighted by Crippen LogP contribution is -2.39. The van der Waals surface area contributed by atoms with Crippen molar-refractivity contribution in [2.75, 3.05) is 20.1 Å². The summed E-state index contributed by atoms with van der Waals surface area (Å²) < 4.78 is 0. The normalized spacial score (nSPS) is 17.6. The van der Waals surface area contributed by atoms with Crippen LogP contribution in [0, 0.1) is 10.1 Å². The van der Waals surface area contributed by atoms with E-state index in [1.165, 1.54) is 11.6 Å². The van der Waals surface area contributed by atoms with Crippen LogP contribution < -0.4 is 5.32 Å². The van der Waals surface area contributed by atoms with Gasteiger partial charge in [0.1, 0.15) is 0 Å². The lowest BCUT2D eigenvalue weighted by atomic mass is 9.99. The molecule has 3 rings (SSSR count). The number of hydrogen-bond donors (Lipinski definition) is 1. The molecule has 1 fully saturated rings. The molecule has 1 N–H and O–H groups in total. The van der Waals surface area contributed by atoms with Crippen LogP contribution in [-0.4, -0.2) is 35.9 Å². The number of rotatable bonds is 4. The van der Waals surface area contributed by atoms with Crippen LogP contribution in [0.1, 0.15) is 23.5 Å². The van der Waals surface area contributed by atoms with Gasteiger partial charge in [-0.3, -0.25) is 15.1 Å². The molecule has 1 heterocycles. The number of nitro benzene ring substituents is 1. The summed E-state index contributed by atoms with van der Waals surface area (Å²) in [7, 11) is 1.75. The number of nitrogens with one attached hydrogen (secondary N) is 1. The first-order valence-electron chi connectivity index (χ1n) is 8.42. The molecule has 25 heavy (non-hydrogen) atoms. The standard InChI is InChI=1S/C19H22N4O2/c1-20-19(21-13-16-9-5-6-10-18(16)23(24)25)22-12-11-17(14-22)15-7-3-2-4-8-15/h2-10,17H,11-14H2,1H3,(H,20,21). The van der Waals surface area contributed by atoms with Crippen LogP contribution in [0.25, 0.3) is 0 Å². The zero-order valence-electron chi connectivity index (χ0n) is 14.3. The number of guanidine groups is 1. The first-order chi connectivity index (χ1) is 12.2. The number of nitrogens with zero attached hydrogens (tertiary/aromatic N) is 3. The van der Waals surface area contributed by atoms with Gasteiger partial charge >= 0.3 is 0 Å². The minimum Gasteiger partial charge on any atom is -0.352 e. The van der Waals surface area contributed by atoms with Crippen LogP contribution in [0.15, 0.2) is 59.6 Å². The van der Waals surface area contributed by atoms with E-state index in [1.54, 1.807) is 19.2 Å². The lowest BCUT2D eigenvalue weighted by molar-refractivity contribution is -0.385. The molecule has 2 aromatic carbocycles. The SMILES string of the molecule is CN=C(NCc1ccccc1[N+](=O)[O-])N1CCC(c2ccccc2)C1. The smallest absolute Gasteiger partial charge is 0.274 e. The Hall–Kier alpha value is -2.89. The zero-order chi connectivity index (χ0) is 17.6. The van der Waals surface area contributed by atoms with Crippen molar-refractivity contribution in [1.82, 2.24) is 10.2 Å². The molecule has 6 heteroatoms. The van der Waals surface area contributed by atoms with E-state index >= 15 is 0 Å². The second-order valence-electron chi connectivity index (χ2n) is 6.13. The second-order valence-corrected chi connectivity index (χ2v) is 6.13. The number of para-hydroxylation sites is 1. The molecule has 2 aromatic rings. The van der Waals surface area contributed by atoms with Gasteiger partial charge in [0, 0.05) is 44.2 Å². The molecule has 1 unspecified atom stereocenters. The van der Waals surface area contributed by atoms with Gasteiger partial charge in [-0.05, 0) is 12.0 Å². The van der Waals surface area contributed by atoms with Gasteiger partial charge in [0.25, 0.3) is 5.69 Å². The highest BCUT2D eigenvalue weighted by Crippen LogP contribution is 2.27. The van der Waals surface area contributed by atoms with Crippen molar-refractivity contribution in [3.63, 3.8) is 0 Å². The Bertz CT molecular complexity index is 761. The maximum absolute atomic E-state index is 11.1. The quantitative estimate of drug-likeness (QED) is 0.402. The summed E-state index contributed by atoms with van der Waals surface area (Å²) in [5.41, 5.74) is 2.14. The third kappa shape index (κ3) is 3.96. The van der Waals surface area contributed by atoms with Gasteiger partial charge in [-0.25, -0.2) is 0 Å². The summed E-state index contributed by atoms with van der Waals surface area (Å²) in [4.78, 5) is 17.3. The third-order valence-corrected chi connectivity index (χ3v) is 4.60. The van der Waals surface area contributed by atoms with E-state index in [9.17, 15) is 10.1 Å². The van der Waals surface area contributed by atoms with Crippen molar-refractivity contribution in [3.05, 3.63) is 75.8 Å². The Morgan fingerprint density at radius 1 is 1.24 bits per heavy atom. The molecule has 0 amide bonds. The van der Waals surface area contributed by atoms with Gasteiger partial charge in [0.15, 0.2) is 5.96 Å². The number of hydrogen-bond acceptors (Lipinski definition) is 3. The Balaban J connectivity index is 1.64. The fourth-order valence-electron chi connectivity index (χ4n) is 3.29. The topological polar surface area (TPSA) is 70.8 Å². The molecule has 0 radical (unpaired) electrons. The largest absolute Gasteiger partial charge is 0.352 e. The Labute approximate surface area is 147 Å². The molecular weight excluding hydrogens is 316 g/mol. The molecule has 0 saturated carbocycles. The highest BCUT2D eigenvalue weighted by molar-refractivity contribution is 5.80. The Kier molecular flexibility index (Phi) is 5.28. The number of aliphatic imine (C=N–C) groups is 1. The predicted octanol–water partition coefficient (Wildman–Crippen LogP) is 3.16. The maximum Gasteiger partial charge on any atom is 0.274 e. The monoisotopic (exact) mass is 338 g/mol. The van der Waals surface area contributed by atoms with Gasteiger partial charge < -0.3 is 10.2 Å². The summed E-state index contributed by atoms with van der Waals surface area (Å²) in [6, 6.07) is 17.3. The van der Waals surface area contributed by atoms with E-state index in [2.05, 4.69) is 39.5 Å². The zero-order valence-corrected chi connectivity index (χ0v) is 14.3. The van der Waals surface area contributed by atoms with Crippen molar-refractivity contribution >= 4 is 11.6 Å². The Morgan fingerprint density at radius 2 is 1.96 bits per heavy atom. The minimum absolute atomic E-state index is 0.133. The highest BCUT2D eigenvalue weighted by atomic mass is 16.6. The molecule has 0 aromatic heterocycles. The van der Waals surface area contributed by atoms with Crippen molar-refractivity contribution in [1.29, 1.82) is 0 Å². The summed E-state index contributed by atoms with van der Waals surface area (Å²) in [5.74, 6) is 1.28. The molecule has 0 aliphatic carbocycles. The van der Waals surface area contributed by atoms with Crippen LogP contribution in [0.3, 0.4) is 0 Å². The van der Waals surface area contributed by atoms with Crippen molar-refractivity contribution in [2.45, 2.75) is 18.9 Å². The molecule has 1 atom stereocenters. The third-order valence-electron chi connectivity index (χ3n) is 4.60. The van der Waals surface area contributed by atoms with Crippen molar-refractivity contribution in [3.8, 4) is 0 Å². The average molecular weight is 338 g/mol. The number of benzene rings is 2. The van der Waals surface area contributed by atoms with E-state index in [1.807, 2.05) is 12.1 Å². The van der Waals surface area contributed by atoms with Crippen LogP contribution in [0.4, 0.5) is 5.69 Å². The molecule has 0 spiro atoms. The van der Waals surface area contributed by atoms with E-state index in [-0.39, 0.29) is 10.6 Å².